The van der Waals surface area contributed by atoms with Crippen LogP contribution in [0.15, 0.2) is 47.2 Å². The van der Waals surface area contributed by atoms with Crippen LogP contribution in [0.3, 0.4) is 0 Å². The van der Waals surface area contributed by atoms with Gasteiger partial charge in [0, 0.05) is 25.1 Å². The lowest BCUT2D eigenvalue weighted by molar-refractivity contribution is -0.140. The number of nitrogens with zero attached hydrogens (tertiary/aromatic N) is 2. The molecule has 0 spiro atoms. The van der Waals surface area contributed by atoms with E-state index in [4.69, 9.17) is 0 Å². The van der Waals surface area contributed by atoms with Crippen molar-refractivity contribution in [3.8, 4) is 0 Å². The summed E-state index contributed by atoms with van der Waals surface area (Å²) < 4.78 is 37.6. The van der Waals surface area contributed by atoms with Gasteiger partial charge in [0.2, 0.25) is 6.54 Å². The lowest BCUT2D eigenvalue weighted by atomic mass is 10.2. The number of para-hydroxylation sites is 1. The summed E-state index contributed by atoms with van der Waals surface area (Å²) in [6.07, 6.45) is -1.24. The number of quaternary nitrogens is 1. The molecule has 0 bridgehead atoms. The van der Waals surface area contributed by atoms with Crippen molar-refractivity contribution in [1.29, 1.82) is 0 Å². The molecule has 90 valence electrons. The average molecular weight is 241 g/mol. The fourth-order valence-electron chi connectivity index (χ4n) is 1.93. The zero-order valence-corrected chi connectivity index (χ0v) is 9.28. The van der Waals surface area contributed by atoms with E-state index in [1.165, 1.54) is 6.21 Å². The second-order valence-corrected chi connectivity index (χ2v) is 3.95. The molecular weight excluding hydrogens is 229 g/mol. The quantitative estimate of drug-likeness (QED) is 0.703. The Balaban J connectivity index is 2.47. The van der Waals surface area contributed by atoms with E-state index in [-0.39, 0.29) is 0 Å². The van der Waals surface area contributed by atoms with E-state index in [0.29, 0.717) is 11.4 Å². The van der Waals surface area contributed by atoms with Gasteiger partial charge in [-0.05, 0) is 0 Å². The van der Waals surface area contributed by atoms with Crippen LogP contribution in [0, 0.1) is 0 Å². The molecule has 1 aliphatic heterocycles. The van der Waals surface area contributed by atoms with Gasteiger partial charge in [-0.2, -0.15) is 13.2 Å². The molecule has 1 aromatic rings. The number of hydrogen-bond acceptors (Lipinski definition) is 1. The molecule has 0 aliphatic carbocycles. The molecule has 0 N–H and O–H groups in total. The van der Waals surface area contributed by atoms with Crippen LogP contribution < -0.4 is 4.59 Å². The molecule has 2 rings (SSSR count). The summed E-state index contributed by atoms with van der Waals surface area (Å²) in [7, 11) is 0. The Morgan fingerprint density at radius 1 is 1.18 bits per heavy atom. The van der Waals surface area contributed by atoms with Crippen LogP contribution in [0.1, 0.15) is 6.92 Å². The third-order valence-electron chi connectivity index (χ3n) is 2.75. The Labute approximate surface area is 97.3 Å². The van der Waals surface area contributed by atoms with E-state index in [0.717, 1.165) is 0 Å². The van der Waals surface area contributed by atoms with E-state index in [1.54, 1.807) is 43.3 Å². The molecule has 0 saturated carbocycles. The summed E-state index contributed by atoms with van der Waals surface area (Å²) in [5.41, 5.74) is 1.08. The first-order chi connectivity index (χ1) is 7.94. The minimum absolute atomic E-state index is 0.510. The zero-order valence-electron chi connectivity index (χ0n) is 9.28. The molecular formula is C12H12F3N2+. The summed E-state index contributed by atoms with van der Waals surface area (Å²) in [5.74, 6) is 0. The van der Waals surface area contributed by atoms with E-state index in [1.807, 2.05) is 0 Å². The van der Waals surface area contributed by atoms with E-state index < -0.39 is 17.3 Å². The van der Waals surface area contributed by atoms with Crippen molar-refractivity contribution in [2.75, 3.05) is 6.54 Å². The third kappa shape index (κ3) is 2.24. The highest BCUT2D eigenvalue weighted by molar-refractivity contribution is 5.77. The Bertz CT molecular complexity index is 462. The topological polar surface area (TPSA) is 12.4 Å². The van der Waals surface area contributed by atoms with Gasteiger partial charge in [-0.1, -0.05) is 23.3 Å². The van der Waals surface area contributed by atoms with Crippen molar-refractivity contribution in [3.05, 3.63) is 42.1 Å². The van der Waals surface area contributed by atoms with Crippen molar-refractivity contribution >= 4 is 11.9 Å². The van der Waals surface area contributed by atoms with Crippen LogP contribution in [0.25, 0.3) is 0 Å². The molecule has 17 heavy (non-hydrogen) atoms. The summed E-state index contributed by atoms with van der Waals surface area (Å²) in [5, 5.41) is 4.00. The number of halogens is 3. The second kappa shape index (κ2) is 4.00. The lowest BCUT2D eigenvalue weighted by Gasteiger charge is -2.29. The van der Waals surface area contributed by atoms with Crippen molar-refractivity contribution < 1.29 is 13.2 Å². The SMILES string of the molecule is CC1=CC=N[N+]1(CC(F)(F)F)c1ccccc1. The Kier molecular flexibility index (Phi) is 2.79. The maximum atomic E-state index is 12.7. The molecule has 1 aliphatic rings. The molecule has 0 fully saturated rings. The lowest BCUT2D eigenvalue weighted by Crippen LogP contribution is -2.47. The van der Waals surface area contributed by atoms with Crippen LogP contribution in [-0.4, -0.2) is 18.9 Å². The third-order valence-corrected chi connectivity index (χ3v) is 2.75. The minimum Gasteiger partial charge on any atom is -0.165 e. The van der Waals surface area contributed by atoms with Gasteiger partial charge in [0.05, 0.1) is 6.21 Å². The van der Waals surface area contributed by atoms with E-state index >= 15 is 0 Å². The summed E-state index contributed by atoms with van der Waals surface area (Å²) in [6, 6.07) is 8.52. The van der Waals surface area contributed by atoms with Gasteiger partial charge in [0.15, 0.2) is 5.69 Å². The van der Waals surface area contributed by atoms with Gasteiger partial charge in [0.25, 0.3) is 0 Å². The first-order valence-electron chi connectivity index (χ1n) is 5.17. The van der Waals surface area contributed by atoms with Crippen molar-refractivity contribution in [1.82, 2.24) is 4.59 Å². The molecule has 5 heteroatoms. The Morgan fingerprint density at radius 3 is 2.29 bits per heavy atom. The van der Waals surface area contributed by atoms with Gasteiger partial charge in [-0.15, -0.1) is 4.59 Å². The number of alkyl halides is 3. The number of rotatable bonds is 2. The predicted molar refractivity (Wildman–Crippen MR) is 61.4 cm³/mol. The number of allylic oxidation sites excluding steroid dienone is 2. The zero-order chi connectivity index (χ0) is 12.5. The monoisotopic (exact) mass is 241 g/mol. The van der Waals surface area contributed by atoms with Crippen LogP contribution in [0.2, 0.25) is 0 Å². The molecule has 2 nitrogen and oxygen atoms in total. The second-order valence-electron chi connectivity index (χ2n) is 3.95. The van der Waals surface area contributed by atoms with E-state index in [9.17, 15) is 13.2 Å². The fraction of sp³-hybridized carbons (Fsp3) is 0.250. The number of benzene rings is 1. The predicted octanol–water partition coefficient (Wildman–Crippen LogP) is 3.46. The molecule has 0 aromatic heterocycles. The molecule has 1 aromatic carbocycles. The van der Waals surface area contributed by atoms with Crippen LogP contribution in [0.5, 0.6) is 0 Å². The van der Waals surface area contributed by atoms with Crippen LogP contribution >= 0.6 is 0 Å². The highest BCUT2D eigenvalue weighted by atomic mass is 19.4. The van der Waals surface area contributed by atoms with Gasteiger partial charge < -0.3 is 0 Å². The first kappa shape index (κ1) is 11.9. The maximum absolute atomic E-state index is 12.7. The Hall–Kier alpha value is -1.62. The van der Waals surface area contributed by atoms with Crippen molar-refractivity contribution in [2.45, 2.75) is 13.1 Å². The smallest absolute Gasteiger partial charge is 0.165 e. The molecule has 1 unspecified atom stereocenters. The van der Waals surface area contributed by atoms with Crippen LogP contribution in [0.4, 0.5) is 18.9 Å². The van der Waals surface area contributed by atoms with Gasteiger partial charge in [-0.25, -0.2) is 0 Å². The largest absolute Gasteiger partial charge is 0.441 e. The molecule has 0 radical (unpaired) electrons. The van der Waals surface area contributed by atoms with Crippen LogP contribution in [-0.2, 0) is 0 Å². The van der Waals surface area contributed by atoms with E-state index in [2.05, 4.69) is 5.10 Å². The summed E-state index contributed by atoms with van der Waals surface area (Å²) in [4.78, 5) is 0. The molecule has 1 heterocycles. The number of hydrogen-bond donors (Lipinski definition) is 0. The highest BCUT2D eigenvalue weighted by Gasteiger charge is 2.47. The van der Waals surface area contributed by atoms with Crippen molar-refractivity contribution in [3.63, 3.8) is 0 Å². The fourth-order valence-corrected chi connectivity index (χ4v) is 1.93. The normalized spacial score (nSPS) is 23.9. The molecule has 1 atom stereocenters. The molecule has 0 saturated heterocycles. The summed E-state index contributed by atoms with van der Waals surface area (Å²) in [6.45, 7) is 0.640. The average Bonchev–Trinajstić information content (AvgIpc) is 2.60. The summed E-state index contributed by atoms with van der Waals surface area (Å²) >= 11 is 0. The first-order valence-corrected chi connectivity index (χ1v) is 5.17. The minimum atomic E-state index is -4.27. The standard InChI is InChI=1S/C12H12F3N2/c1-10-7-8-16-17(10,9-12(13,14)15)11-5-3-2-4-6-11/h2-8H,9H2,1H3/q+1. The maximum Gasteiger partial charge on any atom is 0.441 e. The Morgan fingerprint density at radius 2 is 1.82 bits per heavy atom. The highest BCUT2D eigenvalue weighted by Crippen LogP contribution is 2.35. The van der Waals surface area contributed by atoms with Crippen molar-refractivity contribution in [2.24, 2.45) is 5.10 Å². The van der Waals surface area contributed by atoms with Gasteiger partial charge in [-0.3, -0.25) is 0 Å². The van der Waals surface area contributed by atoms with Gasteiger partial charge in [0.1, 0.15) is 5.70 Å². The molecule has 0 amide bonds. The van der Waals surface area contributed by atoms with Gasteiger partial charge >= 0.3 is 6.18 Å².